The van der Waals surface area contributed by atoms with Crippen LogP contribution in [0.2, 0.25) is 5.02 Å². The van der Waals surface area contributed by atoms with Crippen molar-refractivity contribution in [3.63, 3.8) is 0 Å². The van der Waals surface area contributed by atoms with E-state index < -0.39 is 17.1 Å². The van der Waals surface area contributed by atoms with Crippen molar-refractivity contribution in [2.24, 2.45) is 10.4 Å². The summed E-state index contributed by atoms with van der Waals surface area (Å²) in [6, 6.07) is 15.0. The van der Waals surface area contributed by atoms with Gasteiger partial charge >= 0.3 is 6.03 Å². The number of hydrogen-bond acceptors (Lipinski definition) is 5. The number of rotatable bonds is 5. The minimum Gasteiger partial charge on any atom is -0.494 e. The van der Waals surface area contributed by atoms with E-state index in [0.29, 0.717) is 41.1 Å². The molecule has 2 aromatic carbocycles. The van der Waals surface area contributed by atoms with E-state index >= 15 is 0 Å². The number of benzene rings is 2. The summed E-state index contributed by atoms with van der Waals surface area (Å²) in [5.41, 5.74) is 2.44. The predicted molar refractivity (Wildman–Crippen MR) is 162 cm³/mol. The Morgan fingerprint density at radius 3 is 2.26 bits per heavy atom. The van der Waals surface area contributed by atoms with Crippen LogP contribution in [0.25, 0.3) is 0 Å². The smallest absolute Gasteiger partial charge is 0.330 e. The SMILES string of the molecule is COC1(C)C=C(OC(C)C)C2(C)C3=NC(c4ccc(Cl)cc4)[C@@H](c4ccc(C)cc4)N3C(=O)N3CCN(C(C)=O)C1=C32. The van der Waals surface area contributed by atoms with Gasteiger partial charge in [-0.1, -0.05) is 53.6 Å². The number of carbonyl (C=O) groups excluding carboxylic acids is 2. The Morgan fingerprint density at radius 1 is 1.02 bits per heavy atom. The molecule has 220 valence electrons. The zero-order valence-electron chi connectivity index (χ0n) is 25.1. The van der Waals surface area contributed by atoms with E-state index in [1.807, 2.05) is 67.8 Å². The molecule has 3 unspecified atom stereocenters. The number of halogens is 1. The largest absolute Gasteiger partial charge is 0.494 e. The van der Waals surface area contributed by atoms with Crippen molar-refractivity contribution in [2.45, 2.75) is 65.3 Å². The van der Waals surface area contributed by atoms with Crippen molar-refractivity contribution in [2.75, 3.05) is 20.2 Å². The van der Waals surface area contributed by atoms with Crippen molar-refractivity contribution in [1.29, 1.82) is 0 Å². The van der Waals surface area contributed by atoms with Crippen molar-refractivity contribution in [1.82, 2.24) is 14.7 Å². The molecule has 2 aromatic rings. The Labute approximate surface area is 252 Å². The van der Waals surface area contributed by atoms with E-state index in [4.69, 9.17) is 26.1 Å². The minimum absolute atomic E-state index is 0.107. The van der Waals surface area contributed by atoms with Crippen LogP contribution in [-0.2, 0) is 14.3 Å². The second kappa shape index (κ2) is 9.99. The lowest BCUT2D eigenvalue weighted by Gasteiger charge is -2.56. The van der Waals surface area contributed by atoms with Crippen LogP contribution in [0.15, 0.2) is 76.8 Å². The van der Waals surface area contributed by atoms with Gasteiger partial charge in [0.1, 0.15) is 28.7 Å². The molecule has 0 aromatic heterocycles. The number of amidine groups is 1. The third-order valence-electron chi connectivity index (χ3n) is 8.90. The van der Waals surface area contributed by atoms with E-state index in [-0.39, 0.29) is 24.1 Å². The number of aryl methyl sites for hydroxylation is 1. The fraction of sp³-hybridized carbons (Fsp3) is 0.424. The van der Waals surface area contributed by atoms with Crippen LogP contribution in [0.3, 0.4) is 0 Å². The molecule has 1 aliphatic carbocycles. The summed E-state index contributed by atoms with van der Waals surface area (Å²) >= 11 is 6.27. The van der Waals surface area contributed by atoms with Gasteiger partial charge in [-0.15, -0.1) is 0 Å². The highest BCUT2D eigenvalue weighted by molar-refractivity contribution is 6.30. The third kappa shape index (κ3) is 4.10. The first-order valence-corrected chi connectivity index (χ1v) is 14.8. The number of methoxy groups -OCH3 is 1. The van der Waals surface area contributed by atoms with Crippen LogP contribution in [0.5, 0.6) is 0 Å². The van der Waals surface area contributed by atoms with Gasteiger partial charge < -0.3 is 14.4 Å². The minimum atomic E-state index is -1.00. The van der Waals surface area contributed by atoms with E-state index in [0.717, 1.165) is 16.7 Å². The molecule has 4 aliphatic rings. The van der Waals surface area contributed by atoms with Crippen LogP contribution in [0.4, 0.5) is 4.79 Å². The van der Waals surface area contributed by atoms with Gasteiger partial charge in [-0.05, 0) is 64.0 Å². The lowest BCUT2D eigenvalue weighted by Crippen LogP contribution is -2.66. The zero-order valence-corrected chi connectivity index (χ0v) is 25.9. The van der Waals surface area contributed by atoms with Crippen LogP contribution in [-0.4, -0.2) is 64.4 Å². The Kier molecular flexibility index (Phi) is 6.78. The van der Waals surface area contributed by atoms with Gasteiger partial charge in [0.15, 0.2) is 0 Å². The summed E-state index contributed by atoms with van der Waals surface area (Å²) in [6.07, 6.45) is 1.81. The second-order valence-corrected chi connectivity index (χ2v) is 12.5. The van der Waals surface area contributed by atoms with E-state index in [9.17, 15) is 9.59 Å². The molecule has 1 saturated heterocycles. The molecule has 0 saturated carbocycles. The quantitative estimate of drug-likeness (QED) is 0.406. The summed E-state index contributed by atoms with van der Waals surface area (Å²) in [6.45, 7) is 12.2. The van der Waals surface area contributed by atoms with E-state index in [2.05, 4.69) is 31.2 Å². The molecule has 3 aliphatic heterocycles. The molecule has 3 amide bonds. The Hall–Kier alpha value is -3.62. The number of nitrogens with zero attached hydrogens (tertiary/aromatic N) is 4. The molecular weight excluding hydrogens is 552 g/mol. The molecular formula is C33H37ClN4O4. The van der Waals surface area contributed by atoms with Crippen LogP contribution >= 0.6 is 11.6 Å². The first kappa shape index (κ1) is 28.5. The summed E-state index contributed by atoms with van der Waals surface area (Å²) in [7, 11) is 1.62. The van der Waals surface area contributed by atoms with Gasteiger partial charge in [0, 0.05) is 32.1 Å². The van der Waals surface area contributed by atoms with Gasteiger partial charge in [-0.3, -0.25) is 19.6 Å². The van der Waals surface area contributed by atoms with E-state index in [1.165, 1.54) is 0 Å². The molecule has 9 heteroatoms. The van der Waals surface area contributed by atoms with Crippen molar-refractivity contribution in [3.05, 3.63) is 93.5 Å². The summed E-state index contributed by atoms with van der Waals surface area (Å²) < 4.78 is 12.6. The third-order valence-corrected chi connectivity index (χ3v) is 9.15. The average molecular weight is 589 g/mol. The summed E-state index contributed by atoms with van der Waals surface area (Å²) in [4.78, 5) is 38.5. The Balaban J connectivity index is 1.65. The first-order valence-electron chi connectivity index (χ1n) is 14.4. The number of aliphatic imine (C=N–C) groups is 1. The van der Waals surface area contributed by atoms with Crippen molar-refractivity contribution in [3.8, 4) is 0 Å². The van der Waals surface area contributed by atoms with Crippen LogP contribution in [0, 0.1) is 12.3 Å². The van der Waals surface area contributed by atoms with Crippen molar-refractivity contribution >= 4 is 29.4 Å². The molecule has 6 rings (SSSR count). The maximum Gasteiger partial charge on any atom is 0.330 e. The molecule has 42 heavy (non-hydrogen) atoms. The summed E-state index contributed by atoms with van der Waals surface area (Å²) in [5, 5.41) is 0.634. The van der Waals surface area contributed by atoms with Gasteiger partial charge in [0.25, 0.3) is 0 Å². The average Bonchev–Trinajstić information content (AvgIpc) is 3.36. The number of amides is 3. The van der Waals surface area contributed by atoms with Gasteiger partial charge in [0.2, 0.25) is 5.91 Å². The molecule has 8 nitrogen and oxygen atoms in total. The number of carbonyl (C=O) groups is 2. The van der Waals surface area contributed by atoms with E-state index in [1.54, 1.807) is 18.9 Å². The van der Waals surface area contributed by atoms with Gasteiger partial charge in [-0.2, -0.15) is 0 Å². The van der Waals surface area contributed by atoms with Crippen molar-refractivity contribution < 1.29 is 19.1 Å². The molecule has 0 N–H and O–H groups in total. The zero-order chi connectivity index (χ0) is 30.1. The van der Waals surface area contributed by atoms with Crippen LogP contribution < -0.4 is 0 Å². The second-order valence-electron chi connectivity index (χ2n) is 12.1. The number of urea groups is 1. The number of fused-ring (bicyclic) bond motifs is 2. The highest BCUT2D eigenvalue weighted by atomic mass is 35.5. The Bertz CT molecular complexity index is 1550. The molecule has 0 bridgehead atoms. The maximum atomic E-state index is 14.7. The highest BCUT2D eigenvalue weighted by Crippen LogP contribution is 2.58. The lowest BCUT2D eigenvalue weighted by molar-refractivity contribution is -0.130. The monoisotopic (exact) mass is 588 g/mol. The van der Waals surface area contributed by atoms with Crippen LogP contribution in [0.1, 0.15) is 63.4 Å². The fourth-order valence-electron chi connectivity index (χ4n) is 6.81. The lowest BCUT2D eigenvalue weighted by atomic mass is 9.70. The topological polar surface area (TPSA) is 74.7 Å². The molecule has 3 heterocycles. The molecule has 0 radical (unpaired) electrons. The number of ether oxygens (including phenoxy) is 2. The highest BCUT2D eigenvalue weighted by Gasteiger charge is 2.64. The van der Waals surface area contributed by atoms with Gasteiger partial charge in [0.05, 0.1) is 23.5 Å². The van der Waals surface area contributed by atoms with Gasteiger partial charge in [-0.25, -0.2) is 4.79 Å². The maximum absolute atomic E-state index is 14.7. The molecule has 0 spiro atoms. The standard InChI is InChI=1S/C33H37ClN4O4/c1-19(2)42-25-18-32(5,41-7)28-29-33(25,6)30-35-26(22-12-14-24(34)15-13-22)27(23-10-8-20(3)9-11-23)38(30)31(40)37(29)17-16-36(28)21(4)39/h8-15,18-19,26-27H,16-17H2,1-7H3/t26?,27-,32?,33?/m1/s1. The normalized spacial score (nSPS) is 28.5. The Morgan fingerprint density at radius 2 is 1.67 bits per heavy atom. The fourth-order valence-corrected chi connectivity index (χ4v) is 6.94. The first-order chi connectivity index (χ1) is 19.9. The summed E-state index contributed by atoms with van der Waals surface area (Å²) in [5.74, 6) is 1.13. The number of hydrogen-bond donors (Lipinski definition) is 0. The molecule has 4 atom stereocenters. The molecule has 1 fully saturated rings. The predicted octanol–water partition coefficient (Wildman–Crippen LogP) is 6.39.